The summed E-state index contributed by atoms with van der Waals surface area (Å²) in [5.41, 5.74) is 2.64. The molecule has 1 N–H and O–H groups in total. The second kappa shape index (κ2) is 8.96. The monoisotopic (exact) mass is 357 g/mol. The number of aryl methyl sites for hydroxylation is 1. The molecule has 0 saturated carbocycles. The Morgan fingerprint density at radius 2 is 2.19 bits per heavy atom. The molecule has 1 saturated heterocycles. The van der Waals surface area contributed by atoms with E-state index >= 15 is 0 Å². The van der Waals surface area contributed by atoms with E-state index in [4.69, 9.17) is 9.47 Å². The molecular weight excluding hydrogens is 330 g/mol. The first-order valence-corrected chi connectivity index (χ1v) is 9.25. The van der Waals surface area contributed by atoms with Crippen molar-refractivity contribution >= 4 is 5.91 Å². The fraction of sp³-hybridized carbons (Fsp3) is 0.500. The van der Waals surface area contributed by atoms with Crippen LogP contribution in [0.1, 0.15) is 41.4 Å². The minimum absolute atomic E-state index is 0.0612. The van der Waals surface area contributed by atoms with Gasteiger partial charge in [0.25, 0.3) is 5.91 Å². The molecule has 0 bridgehead atoms. The lowest BCUT2D eigenvalue weighted by Crippen LogP contribution is -2.50. The minimum Gasteiger partial charge on any atom is -0.379 e. The zero-order valence-electron chi connectivity index (χ0n) is 15.5. The first kappa shape index (κ1) is 18.6. The zero-order valence-corrected chi connectivity index (χ0v) is 15.5. The van der Waals surface area contributed by atoms with Gasteiger partial charge in [-0.2, -0.15) is 5.10 Å². The second-order valence-corrected chi connectivity index (χ2v) is 6.65. The van der Waals surface area contributed by atoms with Crippen LogP contribution in [0.15, 0.2) is 36.5 Å². The van der Waals surface area contributed by atoms with Crippen LogP contribution in [0.5, 0.6) is 0 Å². The van der Waals surface area contributed by atoms with Crippen LogP contribution in [-0.2, 0) is 22.6 Å². The van der Waals surface area contributed by atoms with Crippen molar-refractivity contribution in [3.05, 3.63) is 53.3 Å². The van der Waals surface area contributed by atoms with Gasteiger partial charge < -0.3 is 14.8 Å². The molecule has 1 aliphatic heterocycles. The van der Waals surface area contributed by atoms with Crippen molar-refractivity contribution in [1.29, 1.82) is 0 Å². The van der Waals surface area contributed by atoms with Crippen LogP contribution in [0, 0.1) is 6.92 Å². The molecule has 26 heavy (non-hydrogen) atoms. The summed E-state index contributed by atoms with van der Waals surface area (Å²) in [6, 6.07) is 9.97. The fourth-order valence-corrected chi connectivity index (χ4v) is 3.17. The molecule has 3 rings (SSSR count). The van der Waals surface area contributed by atoms with Crippen LogP contribution in [0.25, 0.3) is 0 Å². The molecule has 1 aromatic heterocycles. The molecule has 2 heterocycles. The van der Waals surface area contributed by atoms with E-state index < -0.39 is 0 Å². The minimum atomic E-state index is -0.154. The van der Waals surface area contributed by atoms with Crippen molar-refractivity contribution in [3.63, 3.8) is 0 Å². The van der Waals surface area contributed by atoms with Gasteiger partial charge in [0.1, 0.15) is 6.10 Å². The molecule has 6 nitrogen and oxygen atoms in total. The van der Waals surface area contributed by atoms with E-state index in [-0.39, 0.29) is 18.1 Å². The van der Waals surface area contributed by atoms with Gasteiger partial charge >= 0.3 is 0 Å². The third-order valence-electron chi connectivity index (χ3n) is 4.71. The number of hydrogen-bond acceptors (Lipinski definition) is 4. The maximum absolute atomic E-state index is 12.7. The number of nitrogens with one attached hydrogen (secondary N) is 1. The number of ether oxygens (including phenoxy) is 2. The number of aromatic nitrogens is 2. The Hall–Kier alpha value is -2.18. The lowest BCUT2D eigenvalue weighted by atomic mass is 10.1. The molecule has 0 aliphatic carbocycles. The number of carbonyl (C=O) groups excluding carboxylic acids is 1. The van der Waals surface area contributed by atoms with Crippen molar-refractivity contribution < 1.29 is 14.3 Å². The summed E-state index contributed by atoms with van der Waals surface area (Å²) in [7, 11) is 0. The Bertz CT molecular complexity index is 714. The van der Waals surface area contributed by atoms with Gasteiger partial charge in [0, 0.05) is 18.8 Å². The predicted octanol–water partition coefficient (Wildman–Crippen LogP) is 2.71. The molecule has 6 heteroatoms. The summed E-state index contributed by atoms with van der Waals surface area (Å²) in [5, 5.41) is 7.44. The first-order valence-electron chi connectivity index (χ1n) is 9.25. The molecule has 1 fully saturated rings. The van der Waals surface area contributed by atoms with Gasteiger partial charge in [-0.05, 0) is 25.3 Å². The Morgan fingerprint density at radius 1 is 1.38 bits per heavy atom. The second-order valence-electron chi connectivity index (χ2n) is 6.65. The molecule has 0 radical (unpaired) electrons. The Balaban J connectivity index is 1.61. The largest absolute Gasteiger partial charge is 0.379 e. The maximum Gasteiger partial charge on any atom is 0.255 e. The summed E-state index contributed by atoms with van der Waals surface area (Å²) >= 11 is 0. The van der Waals surface area contributed by atoms with E-state index in [1.54, 1.807) is 6.20 Å². The molecule has 2 aromatic rings. The van der Waals surface area contributed by atoms with Crippen LogP contribution in [0.3, 0.4) is 0 Å². The normalized spacial score (nSPS) is 20.1. The van der Waals surface area contributed by atoms with Gasteiger partial charge in [-0.1, -0.05) is 37.3 Å². The van der Waals surface area contributed by atoms with Gasteiger partial charge in [0.15, 0.2) is 0 Å². The number of benzene rings is 1. The Morgan fingerprint density at radius 3 is 2.96 bits per heavy atom. The topological polar surface area (TPSA) is 65.4 Å². The van der Waals surface area contributed by atoms with E-state index in [0.717, 1.165) is 30.6 Å². The number of carbonyl (C=O) groups is 1. The van der Waals surface area contributed by atoms with Gasteiger partial charge in [0.2, 0.25) is 0 Å². The number of rotatable bonds is 7. The van der Waals surface area contributed by atoms with Gasteiger partial charge in [-0.3, -0.25) is 9.48 Å². The van der Waals surface area contributed by atoms with Crippen LogP contribution in [0.4, 0.5) is 0 Å². The van der Waals surface area contributed by atoms with E-state index in [2.05, 4.69) is 17.3 Å². The Labute approximate surface area is 154 Å². The first-order chi connectivity index (χ1) is 12.7. The average Bonchev–Trinajstić information content (AvgIpc) is 3.03. The van der Waals surface area contributed by atoms with Crippen molar-refractivity contribution in [2.75, 3.05) is 13.2 Å². The van der Waals surface area contributed by atoms with Crippen molar-refractivity contribution in [2.24, 2.45) is 0 Å². The van der Waals surface area contributed by atoms with Gasteiger partial charge in [-0.25, -0.2) is 0 Å². The molecule has 140 valence electrons. The summed E-state index contributed by atoms with van der Waals surface area (Å²) < 4.78 is 13.5. The average molecular weight is 357 g/mol. The number of amides is 1. The molecule has 1 amide bonds. The lowest BCUT2D eigenvalue weighted by Gasteiger charge is -2.32. The van der Waals surface area contributed by atoms with Crippen molar-refractivity contribution in [2.45, 2.75) is 52.0 Å². The number of nitrogens with zero attached hydrogens (tertiary/aromatic N) is 2. The highest BCUT2D eigenvalue weighted by atomic mass is 16.5. The van der Waals surface area contributed by atoms with E-state index in [9.17, 15) is 4.79 Å². The van der Waals surface area contributed by atoms with Gasteiger partial charge in [-0.15, -0.1) is 0 Å². The molecular formula is C20H27N3O3. The summed E-state index contributed by atoms with van der Waals surface area (Å²) in [6.07, 6.45) is 3.23. The van der Waals surface area contributed by atoms with Crippen molar-refractivity contribution in [1.82, 2.24) is 15.1 Å². The van der Waals surface area contributed by atoms with E-state index in [0.29, 0.717) is 25.4 Å². The smallest absolute Gasteiger partial charge is 0.255 e. The third-order valence-corrected chi connectivity index (χ3v) is 4.71. The standard InChI is InChI=1S/C20H27N3O3/c1-3-10-23-15(2)17(12-21-23)20(24)22-18-9-11-25-14-19(18)26-13-16-7-5-4-6-8-16/h4-8,12,18-19H,3,9-11,13-14H2,1-2H3,(H,22,24)/t18-,19-/m1/s1. The SMILES string of the molecule is CCCn1ncc(C(=O)N[C@@H]2CCOC[C@H]2OCc2ccccc2)c1C. The number of hydrogen-bond donors (Lipinski definition) is 1. The summed E-state index contributed by atoms with van der Waals surface area (Å²) in [5.74, 6) is -0.0925. The highest BCUT2D eigenvalue weighted by Gasteiger charge is 2.29. The van der Waals surface area contributed by atoms with Gasteiger partial charge in [0.05, 0.1) is 31.0 Å². The maximum atomic E-state index is 12.7. The van der Waals surface area contributed by atoms with Crippen LogP contribution in [0.2, 0.25) is 0 Å². The fourth-order valence-electron chi connectivity index (χ4n) is 3.17. The predicted molar refractivity (Wildman–Crippen MR) is 99.0 cm³/mol. The Kier molecular flexibility index (Phi) is 6.41. The zero-order chi connectivity index (χ0) is 18.4. The van der Waals surface area contributed by atoms with Crippen LogP contribution < -0.4 is 5.32 Å². The molecule has 0 spiro atoms. The highest BCUT2D eigenvalue weighted by molar-refractivity contribution is 5.95. The van der Waals surface area contributed by atoms with E-state index in [1.165, 1.54) is 0 Å². The van der Waals surface area contributed by atoms with Crippen LogP contribution in [-0.4, -0.2) is 41.0 Å². The van der Waals surface area contributed by atoms with E-state index in [1.807, 2.05) is 41.9 Å². The summed E-state index contributed by atoms with van der Waals surface area (Å²) in [4.78, 5) is 12.7. The molecule has 1 aromatic carbocycles. The lowest BCUT2D eigenvalue weighted by molar-refractivity contribution is -0.0736. The third kappa shape index (κ3) is 4.51. The molecule has 1 aliphatic rings. The summed E-state index contributed by atoms with van der Waals surface area (Å²) in [6.45, 7) is 6.48. The molecule has 2 atom stereocenters. The van der Waals surface area contributed by atoms with Crippen LogP contribution >= 0.6 is 0 Å². The quantitative estimate of drug-likeness (QED) is 0.827. The highest BCUT2D eigenvalue weighted by Crippen LogP contribution is 2.16. The molecule has 0 unspecified atom stereocenters. The van der Waals surface area contributed by atoms with Crippen molar-refractivity contribution in [3.8, 4) is 0 Å².